The minimum absolute atomic E-state index is 0.0500. The van der Waals surface area contributed by atoms with Crippen LogP contribution in [0.2, 0.25) is 0 Å². The summed E-state index contributed by atoms with van der Waals surface area (Å²) in [6, 6.07) is 19.6. The van der Waals surface area contributed by atoms with Crippen molar-refractivity contribution < 1.29 is 9.53 Å². The summed E-state index contributed by atoms with van der Waals surface area (Å²) >= 11 is 0. The first-order valence-corrected chi connectivity index (χ1v) is 9.89. The number of hydrogen-bond donors (Lipinski definition) is 0. The Labute approximate surface area is 174 Å². The Kier molecular flexibility index (Phi) is 4.39. The number of rotatable bonds is 4. The standard InChI is InChI=1S/C24H22N4O2/c1-17-8-7-9-18(14-17)28-23(26-12-5-6-13-26)20-15-27(16-21(20)25-28)24(29)19-10-3-4-11-22(19)30-2/h3-14H,15-16H2,1-2H3. The predicted octanol–water partition coefficient (Wildman–Crippen LogP) is 4.14. The van der Waals surface area contributed by atoms with E-state index in [0.29, 0.717) is 24.4 Å². The molecule has 0 spiro atoms. The second-order valence-corrected chi connectivity index (χ2v) is 7.45. The third-order valence-electron chi connectivity index (χ3n) is 5.45. The molecule has 0 saturated heterocycles. The third kappa shape index (κ3) is 2.97. The van der Waals surface area contributed by atoms with Crippen LogP contribution in [0.4, 0.5) is 0 Å². The van der Waals surface area contributed by atoms with Crippen molar-refractivity contribution in [1.82, 2.24) is 19.2 Å². The largest absolute Gasteiger partial charge is 0.496 e. The summed E-state index contributed by atoms with van der Waals surface area (Å²) in [5, 5.41) is 4.90. The first kappa shape index (κ1) is 18.2. The quantitative estimate of drug-likeness (QED) is 0.519. The highest BCUT2D eigenvalue weighted by molar-refractivity contribution is 5.97. The molecule has 3 heterocycles. The van der Waals surface area contributed by atoms with E-state index in [4.69, 9.17) is 9.84 Å². The van der Waals surface area contributed by atoms with Crippen molar-refractivity contribution in [3.8, 4) is 17.3 Å². The summed E-state index contributed by atoms with van der Waals surface area (Å²) in [5.74, 6) is 1.50. The van der Waals surface area contributed by atoms with Crippen LogP contribution >= 0.6 is 0 Å². The zero-order valence-electron chi connectivity index (χ0n) is 16.9. The number of carbonyl (C=O) groups is 1. The van der Waals surface area contributed by atoms with Gasteiger partial charge in [-0.25, -0.2) is 4.68 Å². The fourth-order valence-electron chi connectivity index (χ4n) is 4.02. The van der Waals surface area contributed by atoms with Gasteiger partial charge in [-0.15, -0.1) is 0 Å². The van der Waals surface area contributed by atoms with E-state index in [1.165, 1.54) is 5.56 Å². The van der Waals surface area contributed by atoms with E-state index in [2.05, 4.69) is 29.7 Å². The molecule has 0 N–H and O–H groups in total. The maximum atomic E-state index is 13.2. The maximum absolute atomic E-state index is 13.2. The second kappa shape index (κ2) is 7.22. The highest BCUT2D eigenvalue weighted by atomic mass is 16.5. The minimum Gasteiger partial charge on any atom is -0.496 e. The highest BCUT2D eigenvalue weighted by Crippen LogP contribution is 2.32. The van der Waals surface area contributed by atoms with Gasteiger partial charge < -0.3 is 14.2 Å². The zero-order chi connectivity index (χ0) is 20.7. The second-order valence-electron chi connectivity index (χ2n) is 7.45. The molecule has 2 aromatic heterocycles. The number of fused-ring (bicyclic) bond motifs is 1. The van der Waals surface area contributed by atoms with Gasteiger partial charge in [0, 0.05) is 18.0 Å². The van der Waals surface area contributed by atoms with E-state index in [1.807, 2.05) is 58.4 Å². The van der Waals surface area contributed by atoms with Gasteiger partial charge in [0.05, 0.1) is 37.1 Å². The van der Waals surface area contributed by atoms with Crippen LogP contribution in [0.25, 0.3) is 11.5 Å². The summed E-state index contributed by atoms with van der Waals surface area (Å²) in [4.78, 5) is 15.0. The summed E-state index contributed by atoms with van der Waals surface area (Å²) in [6.45, 7) is 3.05. The van der Waals surface area contributed by atoms with Gasteiger partial charge in [0.1, 0.15) is 11.6 Å². The first-order chi connectivity index (χ1) is 14.7. The van der Waals surface area contributed by atoms with Gasteiger partial charge in [0.2, 0.25) is 0 Å². The third-order valence-corrected chi connectivity index (χ3v) is 5.45. The van der Waals surface area contributed by atoms with Gasteiger partial charge in [-0.3, -0.25) is 4.79 Å². The van der Waals surface area contributed by atoms with E-state index >= 15 is 0 Å². The predicted molar refractivity (Wildman–Crippen MR) is 114 cm³/mol. The van der Waals surface area contributed by atoms with Gasteiger partial charge in [0.15, 0.2) is 0 Å². The van der Waals surface area contributed by atoms with Gasteiger partial charge in [-0.05, 0) is 48.9 Å². The number of para-hydroxylation sites is 1. The Morgan fingerprint density at radius 3 is 2.57 bits per heavy atom. The molecule has 1 aliphatic heterocycles. The average Bonchev–Trinajstić information content (AvgIpc) is 3.49. The fourth-order valence-corrected chi connectivity index (χ4v) is 4.02. The summed E-state index contributed by atoms with van der Waals surface area (Å²) in [6.07, 6.45) is 4.02. The molecule has 1 amide bonds. The Hall–Kier alpha value is -3.80. The van der Waals surface area contributed by atoms with Crippen molar-refractivity contribution in [2.75, 3.05) is 7.11 Å². The van der Waals surface area contributed by atoms with Gasteiger partial charge in [0.25, 0.3) is 5.91 Å². The van der Waals surface area contributed by atoms with Crippen LogP contribution in [0.1, 0.15) is 27.2 Å². The molecule has 5 rings (SSSR count). The van der Waals surface area contributed by atoms with Crippen molar-refractivity contribution in [3.05, 3.63) is 95.4 Å². The lowest BCUT2D eigenvalue weighted by Gasteiger charge is -2.19. The number of nitrogens with zero attached hydrogens (tertiary/aromatic N) is 4. The molecule has 30 heavy (non-hydrogen) atoms. The van der Waals surface area contributed by atoms with Crippen LogP contribution in [0.3, 0.4) is 0 Å². The summed E-state index contributed by atoms with van der Waals surface area (Å²) in [7, 11) is 1.58. The average molecular weight is 398 g/mol. The van der Waals surface area contributed by atoms with Gasteiger partial charge in [-0.2, -0.15) is 5.10 Å². The van der Waals surface area contributed by atoms with Crippen LogP contribution in [-0.4, -0.2) is 32.3 Å². The number of benzene rings is 2. The normalized spacial score (nSPS) is 12.8. The maximum Gasteiger partial charge on any atom is 0.258 e. The van der Waals surface area contributed by atoms with Crippen LogP contribution in [0, 0.1) is 6.92 Å². The molecule has 0 aliphatic carbocycles. The Balaban J connectivity index is 1.55. The van der Waals surface area contributed by atoms with E-state index < -0.39 is 0 Å². The number of aryl methyl sites for hydroxylation is 1. The van der Waals surface area contributed by atoms with Crippen LogP contribution < -0.4 is 4.74 Å². The molecule has 2 aromatic carbocycles. The SMILES string of the molecule is COc1ccccc1C(=O)N1Cc2nn(-c3cccc(C)c3)c(-n3cccc3)c2C1. The summed E-state index contributed by atoms with van der Waals surface area (Å²) < 4.78 is 9.42. The molecule has 0 unspecified atom stereocenters. The molecule has 6 heteroatoms. The lowest BCUT2D eigenvalue weighted by atomic mass is 10.1. The number of hydrogen-bond acceptors (Lipinski definition) is 3. The van der Waals surface area contributed by atoms with Crippen molar-refractivity contribution in [2.45, 2.75) is 20.0 Å². The molecule has 0 saturated carbocycles. The monoisotopic (exact) mass is 398 g/mol. The Bertz CT molecular complexity index is 1220. The molecular weight excluding hydrogens is 376 g/mol. The van der Waals surface area contributed by atoms with Gasteiger partial charge >= 0.3 is 0 Å². The number of amides is 1. The highest BCUT2D eigenvalue weighted by Gasteiger charge is 2.32. The zero-order valence-corrected chi connectivity index (χ0v) is 16.9. The summed E-state index contributed by atoms with van der Waals surface area (Å²) in [5.41, 5.74) is 4.74. The van der Waals surface area contributed by atoms with E-state index in [-0.39, 0.29) is 5.91 Å². The fraction of sp³-hybridized carbons (Fsp3) is 0.167. The molecule has 0 radical (unpaired) electrons. The van der Waals surface area contributed by atoms with E-state index in [0.717, 1.165) is 22.8 Å². The number of ether oxygens (including phenoxy) is 1. The van der Waals surface area contributed by atoms with Crippen LogP contribution in [0.15, 0.2) is 73.1 Å². The molecule has 0 bridgehead atoms. The minimum atomic E-state index is -0.0500. The molecule has 1 aliphatic rings. The number of methoxy groups -OCH3 is 1. The van der Waals surface area contributed by atoms with E-state index in [9.17, 15) is 4.79 Å². The lowest BCUT2D eigenvalue weighted by Crippen LogP contribution is -2.26. The van der Waals surface area contributed by atoms with Crippen molar-refractivity contribution >= 4 is 5.91 Å². The van der Waals surface area contributed by atoms with Crippen molar-refractivity contribution in [3.63, 3.8) is 0 Å². The van der Waals surface area contributed by atoms with Crippen molar-refractivity contribution in [2.24, 2.45) is 0 Å². The smallest absolute Gasteiger partial charge is 0.258 e. The number of carbonyl (C=O) groups excluding carboxylic acids is 1. The first-order valence-electron chi connectivity index (χ1n) is 9.89. The topological polar surface area (TPSA) is 52.3 Å². The van der Waals surface area contributed by atoms with Crippen molar-refractivity contribution in [1.29, 1.82) is 0 Å². The van der Waals surface area contributed by atoms with E-state index in [1.54, 1.807) is 13.2 Å². The Morgan fingerprint density at radius 1 is 1.00 bits per heavy atom. The number of aromatic nitrogens is 3. The lowest BCUT2D eigenvalue weighted by molar-refractivity contribution is 0.0746. The molecule has 150 valence electrons. The molecule has 0 atom stereocenters. The molecule has 6 nitrogen and oxygen atoms in total. The van der Waals surface area contributed by atoms with Gasteiger partial charge in [-0.1, -0.05) is 24.3 Å². The van der Waals surface area contributed by atoms with Crippen LogP contribution in [-0.2, 0) is 13.1 Å². The molecular formula is C24H22N4O2. The molecule has 4 aromatic rings. The van der Waals surface area contributed by atoms with Crippen LogP contribution in [0.5, 0.6) is 5.75 Å². The molecule has 0 fully saturated rings. The Morgan fingerprint density at radius 2 is 1.80 bits per heavy atom.